The van der Waals surface area contributed by atoms with Gasteiger partial charge in [0.25, 0.3) is 8.32 Å². The van der Waals surface area contributed by atoms with Gasteiger partial charge in [0.05, 0.1) is 12.2 Å². The second kappa shape index (κ2) is 12.8. The number of aliphatic hydroxyl groups is 1. The quantitative estimate of drug-likeness (QED) is 0.219. The zero-order chi connectivity index (χ0) is 28.9. The van der Waals surface area contributed by atoms with Gasteiger partial charge in [-0.1, -0.05) is 129 Å². The van der Waals surface area contributed by atoms with Crippen LogP contribution in [0.2, 0.25) is 23.2 Å². The van der Waals surface area contributed by atoms with Gasteiger partial charge in [-0.2, -0.15) is 0 Å². The van der Waals surface area contributed by atoms with Crippen molar-refractivity contribution < 1.29 is 14.0 Å². The van der Waals surface area contributed by atoms with Crippen LogP contribution in [0, 0.1) is 17.8 Å². The molecule has 2 aromatic carbocycles. The SMILES string of the molecule is C=C[C@H](C)[C@H](O)[C@H](C)[C@H](O[Si](C)(C)C(C)(C)C)[C@H](C)CO[Si](c1ccccc1)(c1ccccc1)C(C)(C)C. The molecule has 0 aliphatic carbocycles. The highest BCUT2D eigenvalue weighted by Crippen LogP contribution is 2.41. The van der Waals surface area contributed by atoms with Gasteiger partial charge in [0.2, 0.25) is 0 Å². The van der Waals surface area contributed by atoms with Crippen LogP contribution >= 0.6 is 0 Å². The summed E-state index contributed by atoms with van der Waals surface area (Å²) in [5.41, 5.74) is 0. The molecule has 3 nitrogen and oxygen atoms in total. The zero-order valence-corrected chi connectivity index (χ0v) is 27.9. The van der Waals surface area contributed by atoms with Crippen LogP contribution in [-0.2, 0) is 8.85 Å². The third-order valence-electron chi connectivity index (χ3n) is 8.74. The lowest BCUT2D eigenvalue weighted by Gasteiger charge is -2.46. The molecule has 0 fully saturated rings. The van der Waals surface area contributed by atoms with Crippen molar-refractivity contribution in [1.29, 1.82) is 0 Å². The van der Waals surface area contributed by atoms with Crippen molar-refractivity contribution in [3.63, 3.8) is 0 Å². The maximum Gasteiger partial charge on any atom is 0.261 e. The topological polar surface area (TPSA) is 38.7 Å². The van der Waals surface area contributed by atoms with Gasteiger partial charge in [-0.25, -0.2) is 0 Å². The molecule has 2 aromatic rings. The van der Waals surface area contributed by atoms with Crippen LogP contribution in [0.5, 0.6) is 0 Å². The maximum atomic E-state index is 11.3. The van der Waals surface area contributed by atoms with E-state index in [1.807, 2.05) is 13.0 Å². The fraction of sp³-hybridized carbons (Fsp3) is 0.576. The first-order valence-corrected chi connectivity index (χ1v) is 19.0. The molecule has 0 aromatic heterocycles. The van der Waals surface area contributed by atoms with Gasteiger partial charge >= 0.3 is 0 Å². The lowest BCUT2D eigenvalue weighted by atomic mass is 9.84. The molecule has 1 N–H and O–H groups in total. The van der Waals surface area contributed by atoms with Crippen molar-refractivity contribution in [2.45, 2.75) is 97.7 Å². The molecule has 0 spiro atoms. The Labute approximate surface area is 235 Å². The largest absolute Gasteiger partial charge is 0.413 e. The Morgan fingerprint density at radius 2 is 1.26 bits per heavy atom. The van der Waals surface area contributed by atoms with Gasteiger partial charge in [0, 0.05) is 24.4 Å². The molecule has 5 heteroatoms. The second-order valence-corrected chi connectivity index (χ2v) is 22.8. The summed E-state index contributed by atoms with van der Waals surface area (Å²) in [6.07, 6.45) is 1.18. The Kier molecular flexibility index (Phi) is 11.0. The highest BCUT2D eigenvalue weighted by Gasteiger charge is 2.51. The third kappa shape index (κ3) is 7.16. The first kappa shape index (κ1) is 32.7. The minimum absolute atomic E-state index is 0.0136. The number of hydrogen-bond acceptors (Lipinski definition) is 3. The molecule has 0 aliphatic heterocycles. The Hall–Kier alpha value is -1.51. The van der Waals surface area contributed by atoms with Crippen molar-refractivity contribution in [2.75, 3.05) is 6.61 Å². The fourth-order valence-corrected chi connectivity index (χ4v) is 11.3. The van der Waals surface area contributed by atoms with E-state index < -0.39 is 22.7 Å². The third-order valence-corrected chi connectivity index (χ3v) is 18.2. The summed E-state index contributed by atoms with van der Waals surface area (Å²) in [7, 11) is -4.77. The van der Waals surface area contributed by atoms with E-state index in [0.717, 1.165) is 0 Å². The van der Waals surface area contributed by atoms with Gasteiger partial charge in [0.15, 0.2) is 8.32 Å². The summed E-state index contributed by atoms with van der Waals surface area (Å²) in [4.78, 5) is 0. The number of hydrogen-bond donors (Lipinski definition) is 1. The Bertz CT molecular complexity index is 953. The molecule has 0 saturated carbocycles. The summed E-state index contributed by atoms with van der Waals surface area (Å²) >= 11 is 0. The second-order valence-electron chi connectivity index (χ2n) is 13.7. The molecule has 0 saturated heterocycles. The summed E-state index contributed by atoms with van der Waals surface area (Å²) in [5.74, 6) is 0.0163. The van der Waals surface area contributed by atoms with Crippen molar-refractivity contribution in [3.8, 4) is 0 Å². The predicted molar refractivity (Wildman–Crippen MR) is 169 cm³/mol. The van der Waals surface area contributed by atoms with E-state index in [1.54, 1.807) is 0 Å². The molecule has 0 amide bonds. The lowest BCUT2D eigenvalue weighted by molar-refractivity contribution is -0.0228. The number of benzene rings is 2. The van der Waals surface area contributed by atoms with Gasteiger partial charge in [-0.15, -0.1) is 6.58 Å². The Morgan fingerprint density at radius 3 is 1.63 bits per heavy atom. The standard InChI is InChI=1S/C33H54O3Si2/c1-13-25(2)30(34)27(4)31(36-37(11,12)32(5,6)7)26(3)24-35-38(33(8,9)10,28-20-16-14-17-21-28)29-22-18-15-19-23-29/h13-23,25-27,30-31,34H,1,24H2,2-12H3/t25-,26+,27-,30-,31+/m0/s1. The molecule has 5 atom stereocenters. The monoisotopic (exact) mass is 554 g/mol. The van der Waals surface area contributed by atoms with Crippen LogP contribution in [0.1, 0.15) is 62.3 Å². The van der Waals surface area contributed by atoms with E-state index in [-0.39, 0.29) is 33.9 Å². The van der Waals surface area contributed by atoms with Crippen molar-refractivity contribution in [1.82, 2.24) is 0 Å². The zero-order valence-electron chi connectivity index (χ0n) is 25.9. The van der Waals surface area contributed by atoms with Crippen LogP contribution in [-0.4, -0.2) is 40.6 Å². The van der Waals surface area contributed by atoms with Gasteiger partial charge < -0.3 is 14.0 Å². The average molecular weight is 555 g/mol. The fourth-order valence-electron chi connectivity index (χ4n) is 5.18. The molecular weight excluding hydrogens is 501 g/mol. The van der Waals surface area contributed by atoms with Crippen LogP contribution in [0.25, 0.3) is 0 Å². The number of aliphatic hydroxyl groups excluding tert-OH is 1. The van der Waals surface area contributed by atoms with Crippen molar-refractivity contribution >= 4 is 27.0 Å². The van der Waals surface area contributed by atoms with Crippen molar-refractivity contribution in [3.05, 3.63) is 73.3 Å². The summed E-state index contributed by atoms with van der Waals surface area (Å²) in [6.45, 7) is 29.2. The van der Waals surface area contributed by atoms with Crippen LogP contribution in [0.4, 0.5) is 0 Å². The van der Waals surface area contributed by atoms with E-state index in [9.17, 15) is 5.11 Å². The summed E-state index contributed by atoms with van der Waals surface area (Å²) in [6, 6.07) is 21.6. The molecule has 38 heavy (non-hydrogen) atoms. The Morgan fingerprint density at radius 1 is 0.816 bits per heavy atom. The molecule has 2 rings (SSSR count). The summed E-state index contributed by atoms with van der Waals surface area (Å²) in [5, 5.41) is 13.8. The maximum absolute atomic E-state index is 11.3. The smallest absolute Gasteiger partial charge is 0.261 e. The van der Waals surface area contributed by atoms with E-state index >= 15 is 0 Å². The van der Waals surface area contributed by atoms with E-state index in [0.29, 0.717) is 6.61 Å². The van der Waals surface area contributed by atoms with E-state index in [4.69, 9.17) is 8.85 Å². The average Bonchev–Trinajstić information content (AvgIpc) is 2.86. The van der Waals surface area contributed by atoms with E-state index in [2.05, 4.69) is 136 Å². The first-order valence-electron chi connectivity index (χ1n) is 14.2. The highest BCUT2D eigenvalue weighted by molar-refractivity contribution is 6.99. The minimum atomic E-state index is -2.67. The predicted octanol–water partition coefficient (Wildman–Crippen LogP) is 7.41. The molecular formula is C33H54O3Si2. The van der Waals surface area contributed by atoms with Crippen LogP contribution in [0.15, 0.2) is 73.3 Å². The molecule has 0 aliphatic rings. The van der Waals surface area contributed by atoms with E-state index in [1.165, 1.54) is 10.4 Å². The Balaban J connectivity index is 2.54. The van der Waals surface area contributed by atoms with Gasteiger partial charge in [-0.3, -0.25) is 0 Å². The van der Waals surface area contributed by atoms with Gasteiger partial charge in [-0.05, 0) is 33.5 Å². The van der Waals surface area contributed by atoms with Gasteiger partial charge in [0.1, 0.15) is 0 Å². The molecule has 212 valence electrons. The lowest BCUT2D eigenvalue weighted by Crippen LogP contribution is -2.67. The normalized spacial score (nSPS) is 17.4. The highest BCUT2D eigenvalue weighted by atomic mass is 28.4. The first-order chi connectivity index (χ1) is 17.5. The van der Waals surface area contributed by atoms with Crippen LogP contribution < -0.4 is 10.4 Å². The molecule has 0 heterocycles. The molecule has 0 radical (unpaired) electrons. The molecule has 0 bridgehead atoms. The number of rotatable bonds is 12. The minimum Gasteiger partial charge on any atom is -0.413 e. The van der Waals surface area contributed by atoms with Crippen molar-refractivity contribution in [2.24, 2.45) is 17.8 Å². The summed E-state index contributed by atoms with van der Waals surface area (Å²) < 4.78 is 14.4. The molecule has 0 unspecified atom stereocenters. The van der Waals surface area contributed by atoms with Crippen LogP contribution in [0.3, 0.4) is 0 Å².